The van der Waals surface area contributed by atoms with Gasteiger partial charge in [-0.15, -0.1) is 0 Å². The maximum Gasteiger partial charge on any atom is 0.157 e. The van der Waals surface area contributed by atoms with Crippen LogP contribution in [0.1, 0.15) is 5.69 Å². The van der Waals surface area contributed by atoms with Crippen LogP contribution in [0.15, 0.2) is 36.8 Å². The second-order valence-corrected chi connectivity index (χ2v) is 5.19. The normalized spacial score (nSPS) is 15.0. The van der Waals surface area contributed by atoms with Gasteiger partial charge in [0.2, 0.25) is 0 Å². The van der Waals surface area contributed by atoms with Crippen molar-refractivity contribution in [3.05, 3.63) is 42.5 Å². The van der Waals surface area contributed by atoms with Crippen molar-refractivity contribution in [2.75, 3.05) is 36.0 Å². The highest BCUT2D eigenvalue weighted by molar-refractivity contribution is 7.80. The van der Waals surface area contributed by atoms with Crippen molar-refractivity contribution in [2.45, 2.75) is 0 Å². The first-order valence-corrected chi connectivity index (χ1v) is 7.18. The molecule has 0 aromatic carbocycles. The Balaban J connectivity index is 1.73. The Bertz CT molecular complexity index is 624. The molecule has 1 fully saturated rings. The summed E-state index contributed by atoms with van der Waals surface area (Å²) in [7, 11) is 0. The van der Waals surface area contributed by atoms with Gasteiger partial charge in [-0.3, -0.25) is 0 Å². The number of aromatic nitrogens is 3. The molecule has 0 bridgehead atoms. The van der Waals surface area contributed by atoms with Crippen LogP contribution < -0.4 is 15.5 Å². The summed E-state index contributed by atoms with van der Waals surface area (Å²) < 4.78 is 0. The molecule has 6 nitrogen and oxygen atoms in total. The van der Waals surface area contributed by atoms with E-state index >= 15 is 0 Å². The summed E-state index contributed by atoms with van der Waals surface area (Å²) in [6.45, 7) is 3.44. The van der Waals surface area contributed by atoms with Crippen molar-refractivity contribution in [3.8, 4) is 0 Å². The topological polar surface area (TPSA) is 71.2 Å². The third-order valence-corrected chi connectivity index (χ3v) is 3.66. The van der Waals surface area contributed by atoms with E-state index in [4.69, 9.17) is 18.0 Å². The van der Waals surface area contributed by atoms with Gasteiger partial charge < -0.3 is 15.5 Å². The minimum atomic E-state index is 0.283. The lowest BCUT2D eigenvalue weighted by atomic mass is 10.2. The number of anilines is 2. The summed E-state index contributed by atoms with van der Waals surface area (Å²) in [4.78, 5) is 17.7. The highest BCUT2D eigenvalue weighted by Crippen LogP contribution is 2.19. The van der Waals surface area contributed by atoms with E-state index < -0.39 is 0 Å². The van der Waals surface area contributed by atoms with Gasteiger partial charge in [0.1, 0.15) is 16.5 Å². The van der Waals surface area contributed by atoms with E-state index in [1.165, 1.54) is 0 Å². The summed E-state index contributed by atoms with van der Waals surface area (Å²) in [5.41, 5.74) is 6.32. The highest BCUT2D eigenvalue weighted by Gasteiger charge is 2.22. The molecule has 1 aliphatic rings. The molecule has 0 radical (unpaired) electrons. The molecule has 0 aliphatic carbocycles. The average Bonchev–Trinajstić information content (AvgIpc) is 2.56. The lowest BCUT2D eigenvalue weighted by Gasteiger charge is -2.36. The summed E-state index contributed by atoms with van der Waals surface area (Å²) >= 11 is 5.05. The first kappa shape index (κ1) is 13.7. The van der Waals surface area contributed by atoms with Gasteiger partial charge in [0.15, 0.2) is 5.82 Å². The first-order valence-electron chi connectivity index (χ1n) is 6.77. The van der Waals surface area contributed by atoms with E-state index in [0.717, 1.165) is 37.8 Å². The number of thiocarbonyl (C=S) groups is 1. The Hall–Kier alpha value is -2.28. The van der Waals surface area contributed by atoms with Gasteiger partial charge in [-0.1, -0.05) is 18.3 Å². The molecule has 1 saturated heterocycles. The fraction of sp³-hybridized carbons (Fsp3) is 0.286. The maximum absolute atomic E-state index is 5.72. The first-order chi connectivity index (χ1) is 10.3. The second kappa shape index (κ2) is 6.01. The summed E-state index contributed by atoms with van der Waals surface area (Å²) in [6.07, 6.45) is 5.10. The zero-order valence-corrected chi connectivity index (χ0v) is 12.3. The van der Waals surface area contributed by atoms with Crippen LogP contribution in [0.5, 0.6) is 0 Å². The van der Waals surface area contributed by atoms with E-state index in [9.17, 15) is 0 Å². The van der Waals surface area contributed by atoms with Crippen LogP contribution >= 0.6 is 12.2 Å². The molecule has 7 heteroatoms. The summed E-state index contributed by atoms with van der Waals surface area (Å²) in [6, 6.07) is 5.95. The van der Waals surface area contributed by atoms with E-state index in [0.29, 0.717) is 5.69 Å². The predicted octanol–water partition coefficient (Wildman–Crippen LogP) is 0.832. The van der Waals surface area contributed by atoms with E-state index in [1.807, 2.05) is 24.4 Å². The Morgan fingerprint density at radius 2 is 1.67 bits per heavy atom. The summed E-state index contributed by atoms with van der Waals surface area (Å²) in [5.74, 6) is 1.77. The summed E-state index contributed by atoms with van der Waals surface area (Å²) in [5, 5.41) is 0. The van der Waals surface area contributed by atoms with Crippen molar-refractivity contribution < 1.29 is 0 Å². The van der Waals surface area contributed by atoms with Crippen molar-refractivity contribution in [1.29, 1.82) is 0 Å². The molecule has 3 heterocycles. The Kier molecular flexibility index (Phi) is 3.92. The molecular formula is C14H16N6S. The number of hydrogen-bond acceptors (Lipinski definition) is 6. The fourth-order valence-electron chi connectivity index (χ4n) is 2.42. The number of pyridine rings is 1. The zero-order chi connectivity index (χ0) is 14.7. The van der Waals surface area contributed by atoms with Crippen molar-refractivity contribution in [1.82, 2.24) is 15.0 Å². The standard InChI is InChI=1S/C14H16N6S/c15-13(21)12-14(18-6-5-17-12)20-9-7-19(8-10-20)11-3-1-2-4-16-11/h1-6H,7-10H2,(H2,15,21). The van der Waals surface area contributed by atoms with Gasteiger partial charge >= 0.3 is 0 Å². The highest BCUT2D eigenvalue weighted by atomic mass is 32.1. The van der Waals surface area contributed by atoms with Crippen LogP contribution in [-0.2, 0) is 0 Å². The molecule has 3 rings (SSSR count). The molecule has 0 unspecified atom stereocenters. The number of nitrogens with zero attached hydrogens (tertiary/aromatic N) is 5. The van der Waals surface area contributed by atoms with Gasteiger partial charge in [0.25, 0.3) is 0 Å². The van der Waals surface area contributed by atoms with E-state index in [2.05, 4.69) is 24.8 Å². The molecule has 0 saturated carbocycles. The van der Waals surface area contributed by atoms with Gasteiger partial charge in [0, 0.05) is 44.8 Å². The van der Waals surface area contributed by atoms with Crippen molar-refractivity contribution in [3.63, 3.8) is 0 Å². The van der Waals surface area contributed by atoms with Crippen LogP contribution in [-0.4, -0.2) is 46.1 Å². The zero-order valence-electron chi connectivity index (χ0n) is 11.5. The molecule has 0 spiro atoms. The molecule has 108 valence electrons. The molecule has 2 aromatic heterocycles. The van der Waals surface area contributed by atoms with Crippen LogP contribution in [0, 0.1) is 0 Å². The molecule has 2 aromatic rings. The van der Waals surface area contributed by atoms with Crippen LogP contribution in [0.4, 0.5) is 11.6 Å². The molecule has 0 amide bonds. The Morgan fingerprint density at radius 1 is 0.952 bits per heavy atom. The fourth-order valence-corrected chi connectivity index (χ4v) is 2.57. The van der Waals surface area contributed by atoms with Crippen LogP contribution in [0.25, 0.3) is 0 Å². The quantitative estimate of drug-likeness (QED) is 0.842. The molecule has 0 atom stereocenters. The predicted molar refractivity (Wildman–Crippen MR) is 86.6 cm³/mol. The smallest absolute Gasteiger partial charge is 0.157 e. The molecule has 21 heavy (non-hydrogen) atoms. The maximum atomic E-state index is 5.72. The van der Waals surface area contributed by atoms with E-state index in [-0.39, 0.29) is 4.99 Å². The Labute approximate surface area is 128 Å². The Morgan fingerprint density at radius 3 is 2.33 bits per heavy atom. The lowest BCUT2D eigenvalue weighted by molar-refractivity contribution is 0.640. The minimum absolute atomic E-state index is 0.283. The minimum Gasteiger partial charge on any atom is -0.388 e. The van der Waals surface area contributed by atoms with Gasteiger partial charge in [-0.2, -0.15) is 0 Å². The van der Waals surface area contributed by atoms with Crippen molar-refractivity contribution >= 4 is 28.8 Å². The SMILES string of the molecule is NC(=S)c1nccnc1N1CCN(c2ccccn2)CC1. The largest absolute Gasteiger partial charge is 0.388 e. The molecular weight excluding hydrogens is 284 g/mol. The van der Waals surface area contributed by atoms with E-state index in [1.54, 1.807) is 12.4 Å². The van der Waals surface area contributed by atoms with Crippen molar-refractivity contribution in [2.24, 2.45) is 5.73 Å². The van der Waals surface area contributed by atoms with Gasteiger partial charge in [-0.05, 0) is 12.1 Å². The number of rotatable bonds is 3. The lowest BCUT2D eigenvalue weighted by Crippen LogP contribution is -2.47. The van der Waals surface area contributed by atoms with Gasteiger partial charge in [0.05, 0.1) is 0 Å². The third kappa shape index (κ3) is 2.92. The molecule has 1 aliphatic heterocycles. The van der Waals surface area contributed by atoms with Gasteiger partial charge in [-0.25, -0.2) is 15.0 Å². The number of hydrogen-bond donors (Lipinski definition) is 1. The van der Waals surface area contributed by atoms with Crippen LogP contribution in [0.3, 0.4) is 0 Å². The number of piperazine rings is 1. The number of nitrogens with two attached hydrogens (primary N) is 1. The monoisotopic (exact) mass is 300 g/mol. The second-order valence-electron chi connectivity index (χ2n) is 4.75. The average molecular weight is 300 g/mol. The van der Waals surface area contributed by atoms with Crippen LogP contribution in [0.2, 0.25) is 0 Å². The molecule has 2 N–H and O–H groups in total. The third-order valence-electron chi connectivity index (χ3n) is 3.46.